The average molecular weight is 358 g/mol. The first kappa shape index (κ1) is 17.1. The van der Waals surface area contributed by atoms with Gasteiger partial charge in [-0.3, -0.25) is 9.89 Å². The normalized spacial score (nSPS) is 11.1. The van der Waals surface area contributed by atoms with Gasteiger partial charge in [-0.2, -0.15) is 5.10 Å². The topological polar surface area (TPSA) is 62.7 Å². The number of aryl methyl sites for hydroxylation is 4. The molecule has 0 atom stereocenters. The quantitative estimate of drug-likeness (QED) is 0.555. The molecule has 0 fully saturated rings. The predicted octanol–water partition coefficient (Wildman–Crippen LogP) is 4.75. The van der Waals surface area contributed by atoms with E-state index in [0.29, 0.717) is 5.56 Å². The van der Waals surface area contributed by atoms with Crippen molar-refractivity contribution in [3.8, 4) is 11.3 Å². The summed E-state index contributed by atoms with van der Waals surface area (Å²) >= 11 is 0. The van der Waals surface area contributed by atoms with Gasteiger partial charge in [0.25, 0.3) is 5.91 Å². The maximum atomic E-state index is 12.9. The van der Waals surface area contributed by atoms with Gasteiger partial charge in [-0.1, -0.05) is 11.6 Å². The minimum atomic E-state index is -0.127. The highest BCUT2D eigenvalue weighted by molar-refractivity contribution is 6.08. The molecule has 1 amide bonds. The fourth-order valence-corrected chi connectivity index (χ4v) is 3.46. The van der Waals surface area contributed by atoms with E-state index < -0.39 is 0 Å². The Morgan fingerprint density at radius 2 is 1.89 bits per heavy atom. The smallest absolute Gasteiger partial charge is 0.255 e. The molecule has 4 aromatic rings. The van der Waals surface area contributed by atoms with Crippen molar-refractivity contribution in [1.29, 1.82) is 0 Å². The summed E-state index contributed by atoms with van der Waals surface area (Å²) in [6.07, 6.45) is 2.07. The minimum absolute atomic E-state index is 0.127. The Hall–Kier alpha value is -3.34. The van der Waals surface area contributed by atoms with Crippen LogP contribution in [0.5, 0.6) is 0 Å². The maximum absolute atomic E-state index is 12.9. The molecule has 5 heteroatoms. The number of aromatic amines is 1. The van der Waals surface area contributed by atoms with Gasteiger partial charge >= 0.3 is 0 Å². The molecule has 5 nitrogen and oxygen atoms in total. The number of rotatable bonds is 3. The molecular weight excluding hydrogens is 336 g/mol. The maximum Gasteiger partial charge on any atom is 0.255 e. The van der Waals surface area contributed by atoms with Crippen LogP contribution in [0.4, 0.5) is 5.69 Å². The van der Waals surface area contributed by atoms with Crippen LogP contribution in [0, 0.1) is 20.8 Å². The highest BCUT2D eigenvalue weighted by Crippen LogP contribution is 2.29. The van der Waals surface area contributed by atoms with Gasteiger partial charge in [-0.05, 0) is 62.7 Å². The van der Waals surface area contributed by atoms with Crippen molar-refractivity contribution >= 4 is 22.5 Å². The number of hydrogen-bond acceptors (Lipinski definition) is 2. The minimum Gasteiger partial charge on any atom is -0.350 e. The third-order valence-corrected chi connectivity index (χ3v) is 4.86. The number of fused-ring (bicyclic) bond motifs is 1. The molecule has 4 rings (SSSR count). The van der Waals surface area contributed by atoms with Gasteiger partial charge in [0.1, 0.15) is 0 Å². The molecule has 136 valence electrons. The first-order valence-electron chi connectivity index (χ1n) is 8.92. The van der Waals surface area contributed by atoms with Crippen LogP contribution in [0.2, 0.25) is 0 Å². The first-order valence-corrected chi connectivity index (χ1v) is 8.92. The number of amides is 1. The Morgan fingerprint density at radius 1 is 1.07 bits per heavy atom. The lowest BCUT2D eigenvalue weighted by Gasteiger charge is -2.11. The molecular formula is C22H22N4O. The summed E-state index contributed by atoms with van der Waals surface area (Å²) in [6.45, 7) is 6.05. The summed E-state index contributed by atoms with van der Waals surface area (Å²) in [5.74, 6) is -0.127. The van der Waals surface area contributed by atoms with Gasteiger partial charge in [-0.15, -0.1) is 0 Å². The molecule has 2 N–H and O–H groups in total. The molecule has 27 heavy (non-hydrogen) atoms. The van der Waals surface area contributed by atoms with Gasteiger partial charge < -0.3 is 9.88 Å². The lowest BCUT2D eigenvalue weighted by Crippen LogP contribution is -2.12. The van der Waals surface area contributed by atoms with Gasteiger partial charge in [0, 0.05) is 41.0 Å². The van der Waals surface area contributed by atoms with Crippen LogP contribution < -0.4 is 5.32 Å². The summed E-state index contributed by atoms with van der Waals surface area (Å²) in [7, 11) is 2.01. The summed E-state index contributed by atoms with van der Waals surface area (Å²) in [6, 6.07) is 13.7. The zero-order valence-electron chi connectivity index (χ0n) is 15.9. The van der Waals surface area contributed by atoms with Crippen molar-refractivity contribution in [2.45, 2.75) is 20.8 Å². The molecule has 2 aromatic carbocycles. The van der Waals surface area contributed by atoms with Gasteiger partial charge in [0.05, 0.1) is 11.4 Å². The monoisotopic (exact) mass is 358 g/mol. The van der Waals surface area contributed by atoms with Gasteiger partial charge in [0.15, 0.2) is 0 Å². The van der Waals surface area contributed by atoms with Gasteiger partial charge in [0.2, 0.25) is 0 Å². The van der Waals surface area contributed by atoms with Crippen molar-refractivity contribution < 1.29 is 4.79 Å². The highest BCUT2D eigenvalue weighted by Gasteiger charge is 2.14. The molecule has 0 saturated carbocycles. The fraction of sp³-hybridized carbons (Fsp3) is 0.182. The fourth-order valence-electron chi connectivity index (χ4n) is 3.46. The van der Waals surface area contributed by atoms with E-state index in [9.17, 15) is 4.79 Å². The summed E-state index contributed by atoms with van der Waals surface area (Å²) < 4.78 is 2.07. The molecule has 0 aliphatic carbocycles. The summed E-state index contributed by atoms with van der Waals surface area (Å²) in [5.41, 5.74) is 7.49. The van der Waals surface area contributed by atoms with Crippen molar-refractivity contribution in [2.24, 2.45) is 7.05 Å². The third-order valence-electron chi connectivity index (χ3n) is 4.86. The Bertz CT molecular complexity index is 1170. The van der Waals surface area contributed by atoms with E-state index in [1.165, 1.54) is 0 Å². The van der Waals surface area contributed by atoms with Crippen molar-refractivity contribution in [3.63, 3.8) is 0 Å². The first-order chi connectivity index (χ1) is 12.9. The molecule has 0 bridgehead atoms. The Balaban J connectivity index is 1.70. The summed E-state index contributed by atoms with van der Waals surface area (Å²) in [5, 5.41) is 11.5. The van der Waals surface area contributed by atoms with Crippen LogP contribution in [0.25, 0.3) is 22.2 Å². The standard InChI is InChI=1S/C22H22N4O/c1-13-5-7-19(18(9-13)20-10-15(3)24-25-20)23-22(27)16-6-8-21-17(11-16)14(2)12-26(21)4/h5-12H,1-4H3,(H,23,27)(H,24,25). The van der Waals surface area contributed by atoms with Crippen molar-refractivity contribution in [2.75, 3.05) is 5.32 Å². The predicted molar refractivity (Wildman–Crippen MR) is 109 cm³/mol. The number of carbonyl (C=O) groups excluding carboxylic acids is 1. The van der Waals surface area contributed by atoms with E-state index in [2.05, 4.69) is 33.2 Å². The average Bonchev–Trinajstić information content (AvgIpc) is 3.19. The molecule has 0 aliphatic heterocycles. The number of hydrogen-bond donors (Lipinski definition) is 2. The molecule has 0 aliphatic rings. The van der Waals surface area contributed by atoms with Crippen LogP contribution in [-0.2, 0) is 7.05 Å². The number of H-pyrrole nitrogens is 1. The van der Waals surface area contributed by atoms with E-state index >= 15 is 0 Å². The van der Waals surface area contributed by atoms with E-state index in [1.807, 2.05) is 63.4 Å². The molecule has 2 heterocycles. The molecule has 0 saturated heterocycles. The number of nitrogens with zero attached hydrogens (tertiary/aromatic N) is 2. The van der Waals surface area contributed by atoms with Crippen LogP contribution in [0.3, 0.4) is 0 Å². The number of carbonyl (C=O) groups is 1. The lowest BCUT2D eigenvalue weighted by atomic mass is 10.0. The van der Waals surface area contributed by atoms with E-state index in [0.717, 1.165) is 44.7 Å². The van der Waals surface area contributed by atoms with Crippen LogP contribution >= 0.6 is 0 Å². The zero-order valence-corrected chi connectivity index (χ0v) is 15.9. The van der Waals surface area contributed by atoms with E-state index in [4.69, 9.17) is 0 Å². The number of nitrogens with one attached hydrogen (secondary N) is 2. The van der Waals surface area contributed by atoms with E-state index in [-0.39, 0.29) is 5.91 Å². The third kappa shape index (κ3) is 3.12. The molecule has 2 aromatic heterocycles. The van der Waals surface area contributed by atoms with Crippen LogP contribution in [0.15, 0.2) is 48.7 Å². The van der Waals surface area contributed by atoms with Crippen LogP contribution in [0.1, 0.15) is 27.2 Å². The lowest BCUT2D eigenvalue weighted by molar-refractivity contribution is 0.102. The molecule has 0 unspecified atom stereocenters. The summed E-state index contributed by atoms with van der Waals surface area (Å²) in [4.78, 5) is 12.9. The Kier molecular flexibility index (Phi) is 4.07. The zero-order chi connectivity index (χ0) is 19.1. The second kappa shape index (κ2) is 6.43. The second-order valence-corrected chi connectivity index (χ2v) is 7.09. The Labute approximate surface area is 158 Å². The van der Waals surface area contributed by atoms with Crippen molar-refractivity contribution in [1.82, 2.24) is 14.8 Å². The number of benzene rings is 2. The molecule has 0 spiro atoms. The van der Waals surface area contributed by atoms with E-state index in [1.54, 1.807) is 0 Å². The second-order valence-electron chi connectivity index (χ2n) is 7.09. The highest BCUT2D eigenvalue weighted by atomic mass is 16.1. The van der Waals surface area contributed by atoms with Crippen molar-refractivity contribution in [3.05, 3.63) is 71.0 Å². The molecule has 0 radical (unpaired) electrons. The number of aromatic nitrogens is 3. The largest absolute Gasteiger partial charge is 0.350 e. The Morgan fingerprint density at radius 3 is 2.63 bits per heavy atom. The SMILES string of the molecule is Cc1ccc(NC(=O)c2ccc3c(c2)c(C)cn3C)c(-c2cc(C)[nH]n2)c1. The van der Waals surface area contributed by atoms with Gasteiger partial charge in [-0.25, -0.2) is 0 Å². The van der Waals surface area contributed by atoms with Crippen LogP contribution in [-0.4, -0.2) is 20.7 Å². The number of anilines is 1.